The number of fused-ring (bicyclic) bond motifs is 2. The molecule has 0 radical (unpaired) electrons. The molecular formula is C21H30N4O2. The first-order valence-corrected chi connectivity index (χ1v) is 10.1. The SMILES string of the molecule is CC(=O)N1CC[C@H]2[C@H]1CCCCCN2Cc1ccc2c(c1)n(C)c(=O)n2C. The maximum atomic E-state index is 12.2. The van der Waals surface area contributed by atoms with E-state index < -0.39 is 0 Å². The van der Waals surface area contributed by atoms with Crippen LogP contribution in [0.3, 0.4) is 0 Å². The Balaban J connectivity index is 1.62. The Morgan fingerprint density at radius 3 is 2.56 bits per heavy atom. The number of nitrogens with zero attached hydrogens (tertiary/aromatic N) is 4. The highest BCUT2D eigenvalue weighted by Gasteiger charge is 2.39. The predicted octanol–water partition coefficient (Wildman–Crippen LogP) is 2.24. The maximum Gasteiger partial charge on any atom is 0.328 e. The number of rotatable bonds is 2. The van der Waals surface area contributed by atoms with Crippen LogP contribution in [0.1, 0.15) is 44.6 Å². The van der Waals surface area contributed by atoms with Crippen molar-refractivity contribution in [1.82, 2.24) is 18.9 Å². The lowest BCUT2D eigenvalue weighted by Crippen LogP contribution is -2.47. The van der Waals surface area contributed by atoms with Crippen LogP contribution in [0.4, 0.5) is 0 Å². The average Bonchev–Trinajstić information content (AvgIpc) is 3.14. The molecule has 2 aliphatic rings. The molecule has 6 heteroatoms. The van der Waals surface area contributed by atoms with Gasteiger partial charge in [0.05, 0.1) is 11.0 Å². The van der Waals surface area contributed by atoms with E-state index in [2.05, 4.69) is 28.0 Å². The fourth-order valence-electron chi connectivity index (χ4n) is 5.09. The third-order valence-corrected chi connectivity index (χ3v) is 6.55. The molecule has 146 valence electrons. The third kappa shape index (κ3) is 3.20. The molecule has 0 unspecified atom stereocenters. The van der Waals surface area contributed by atoms with E-state index in [4.69, 9.17) is 0 Å². The molecule has 2 aliphatic heterocycles. The van der Waals surface area contributed by atoms with Crippen molar-refractivity contribution in [3.05, 3.63) is 34.2 Å². The number of aryl methyl sites for hydroxylation is 2. The summed E-state index contributed by atoms with van der Waals surface area (Å²) in [5.74, 6) is 0.212. The molecule has 4 rings (SSSR count). The zero-order valence-electron chi connectivity index (χ0n) is 16.6. The van der Waals surface area contributed by atoms with Crippen LogP contribution in [0.25, 0.3) is 11.0 Å². The van der Waals surface area contributed by atoms with Gasteiger partial charge in [-0.05, 0) is 43.5 Å². The lowest BCUT2D eigenvalue weighted by molar-refractivity contribution is -0.130. The van der Waals surface area contributed by atoms with Crippen LogP contribution >= 0.6 is 0 Å². The van der Waals surface area contributed by atoms with E-state index in [9.17, 15) is 9.59 Å². The average molecular weight is 370 g/mol. The van der Waals surface area contributed by atoms with E-state index >= 15 is 0 Å². The van der Waals surface area contributed by atoms with Gasteiger partial charge in [-0.3, -0.25) is 18.8 Å². The monoisotopic (exact) mass is 370 g/mol. The smallest absolute Gasteiger partial charge is 0.328 e. The van der Waals surface area contributed by atoms with Gasteiger partial charge >= 0.3 is 5.69 Å². The highest BCUT2D eigenvalue weighted by atomic mass is 16.2. The van der Waals surface area contributed by atoms with Crippen LogP contribution in [-0.4, -0.2) is 50.0 Å². The summed E-state index contributed by atoms with van der Waals surface area (Å²) >= 11 is 0. The second-order valence-electron chi connectivity index (χ2n) is 8.18. The Kier molecular flexibility index (Phi) is 4.84. The summed E-state index contributed by atoms with van der Waals surface area (Å²) < 4.78 is 3.43. The number of hydrogen-bond donors (Lipinski definition) is 0. The lowest BCUT2D eigenvalue weighted by atomic mass is 9.96. The fourth-order valence-corrected chi connectivity index (χ4v) is 5.09. The Morgan fingerprint density at radius 2 is 1.78 bits per heavy atom. The van der Waals surface area contributed by atoms with E-state index in [0.29, 0.717) is 12.1 Å². The molecule has 0 bridgehead atoms. The lowest BCUT2D eigenvalue weighted by Gasteiger charge is -2.37. The highest BCUT2D eigenvalue weighted by molar-refractivity contribution is 5.77. The van der Waals surface area contributed by atoms with E-state index in [0.717, 1.165) is 43.5 Å². The molecule has 27 heavy (non-hydrogen) atoms. The predicted molar refractivity (Wildman–Crippen MR) is 107 cm³/mol. The van der Waals surface area contributed by atoms with Crippen molar-refractivity contribution in [2.75, 3.05) is 13.1 Å². The molecule has 1 amide bonds. The molecule has 2 fully saturated rings. The number of benzene rings is 1. The zero-order valence-corrected chi connectivity index (χ0v) is 16.6. The number of carbonyl (C=O) groups excluding carboxylic acids is 1. The van der Waals surface area contributed by atoms with Crippen molar-refractivity contribution in [1.29, 1.82) is 0 Å². The molecule has 0 aliphatic carbocycles. The van der Waals surface area contributed by atoms with Crippen molar-refractivity contribution in [3.63, 3.8) is 0 Å². The van der Waals surface area contributed by atoms with E-state index in [1.165, 1.54) is 24.8 Å². The van der Waals surface area contributed by atoms with E-state index in [1.54, 1.807) is 16.1 Å². The molecule has 0 N–H and O–H groups in total. The van der Waals surface area contributed by atoms with Crippen LogP contribution in [0.2, 0.25) is 0 Å². The minimum Gasteiger partial charge on any atom is -0.338 e. The minimum absolute atomic E-state index is 0.0152. The number of amides is 1. The summed E-state index contributed by atoms with van der Waals surface area (Å²) in [6.07, 6.45) is 5.85. The third-order valence-electron chi connectivity index (χ3n) is 6.55. The Labute approximate surface area is 160 Å². The largest absolute Gasteiger partial charge is 0.338 e. The van der Waals surface area contributed by atoms with E-state index in [1.807, 2.05) is 14.1 Å². The maximum absolute atomic E-state index is 12.2. The Hall–Kier alpha value is -2.08. The molecule has 6 nitrogen and oxygen atoms in total. The zero-order chi connectivity index (χ0) is 19.1. The summed E-state index contributed by atoms with van der Waals surface area (Å²) in [7, 11) is 3.66. The molecule has 2 saturated heterocycles. The van der Waals surface area contributed by atoms with Crippen molar-refractivity contribution in [2.24, 2.45) is 14.1 Å². The topological polar surface area (TPSA) is 50.5 Å². The quantitative estimate of drug-likeness (QED) is 0.815. The van der Waals surface area contributed by atoms with Gasteiger partial charge in [0.15, 0.2) is 0 Å². The molecular weight excluding hydrogens is 340 g/mol. The minimum atomic E-state index is 0.0152. The second-order valence-corrected chi connectivity index (χ2v) is 8.18. The van der Waals surface area contributed by atoms with Crippen LogP contribution in [0.15, 0.2) is 23.0 Å². The van der Waals surface area contributed by atoms with Gasteiger partial charge in [-0.15, -0.1) is 0 Å². The van der Waals surface area contributed by atoms with Crippen LogP contribution in [0.5, 0.6) is 0 Å². The number of aromatic nitrogens is 2. The summed E-state index contributed by atoms with van der Waals surface area (Å²) in [5.41, 5.74) is 3.21. The van der Waals surface area contributed by atoms with Crippen molar-refractivity contribution < 1.29 is 4.79 Å². The Morgan fingerprint density at radius 1 is 1.00 bits per heavy atom. The van der Waals surface area contributed by atoms with Crippen LogP contribution in [-0.2, 0) is 25.4 Å². The van der Waals surface area contributed by atoms with E-state index in [-0.39, 0.29) is 11.6 Å². The van der Waals surface area contributed by atoms with Crippen molar-refractivity contribution in [2.45, 2.75) is 57.7 Å². The van der Waals surface area contributed by atoms with Crippen molar-refractivity contribution >= 4 is 16.9 Å². The normalized spacial score (nSPS) is 24.0. The second kappa shape index (κ2) is 7.15. The number of imidazole rings is 1. The molecule has 2 atom stereocenters. The van der Waals surface area contributed by atoms with Crippen LogP contribution in [0, 0.1) is 0 Å². The standard InChI is InChI=1S/C21H30N4O2/c1-15(26)25-12-10-18-19(25)7-5-4-6-11-24(18)14-16-8-9-17-20(13-16)23(3)21(27)22(17)2/h8-9,13,18-19H,4-7,10-12,14H2,1-3H3/t18-,19+/m0/s1. The highest BCUT2D eigenvalue weighted by Crippen LogP contribution is 2.31. The summed E-state index contributed by atoms with van der Waals surface area (Å²) in [6, 6.07) is 7.16. The summed E-state index contributed by atoms with van der Waals surface area (Å²) in [4.78, 5) is 28.9. The summed E-state index contributed by atoms with van der Waals surface area (Å²) in [5, 5.41) is 0. The first kappa shape index (κ1) is 18.3. The fraction of sp³-hybridized carbons (Fsp3) is 0.619. The molecule has 3 heterocycles. The summed E-state index contributed by atoms with van der Waals surface area (Å²) in [6.45, 7) is 4.55. The van der Waals surface area contributed by atoms with Gasteiger partial charge in [0, 0.05) is 46.2 Å². The van der Waals surface area contributed by atoms with Gasteiger partial charge in [-0.2, -0.15) is 0 Å². The number of likely N-dealkylation sites (tertiary alicyclic amines) is 2. The number of carbonyl (C=O) groups is 1. The van der Waals surface area contributed by atoms with Crippen LogP contribution < -0.4 is 5.69 Å². The van der Waals surface area contributed by atoms with Gasteiger partial charge in [-0.25, -0.2) is 4.79 Å². The first-order chi connectivity index (χ1) is 13.0. The first-order valence-electron chi connectivity index (χ1n) is 10.1. The molecule has 1 aromatic carbocycles. The van der Waals surface area contributed by atoms with Crippen molar-refractivity contribution in [3.8, 4) is 0 Å². The van der Waals surface area contributed by atoms with Gasteiger partial charge in [0.2, 0.25) is 5.91 Å². The Bertz CT molecular complexity index is 913. The molecule has 0 saturated carbocycles. The van der Waals surface area contributed by atoms with Gasteiger partial charge < -0.3 is 4.90 Å². The molecule has 0 spiro atoms. The van der Waals surface area contributed by atoms with Gasteiger partial charge in [0.25, 0.3) is 0 Å². The van der Waals surface area contributed by atoms with Gasteiger partial charge in [0.1, 0.15) is 0 Å². The molecule has 2 aromatic rings. The molecule has 1 aromatic heterocycles. The number of hydrogen-bond acceptors (Lipinski definition) is 3. The van der Waals surface area contributed by atoms with Gasteiger partial charge in [-0.1, -0.05) is 18.9 Å².